The van der Waals surface area contributed by atoms with Gasteiger partial charge in [0.1, 0.15) is 11.5 Å². The Hall–Kier alpha value is -2.34. The molecule has 1 aliphatic rings. The summed E-state index contributed by atoms with van der Waals surface area (Å²) in [5, 5.41) is 9.30. The summed E-state index contributed by atoms with van der Waals surface area (Å²) in [5.41, 5.74) is 1.31. The molecule has 0 saturated heterocycles. The molecule has 1 aliphatic carbocycles. The van der Waals surface area contributed by atoms with Gasteiger partial charge in [-0.15, -0.1) is 0 Å². The minimum atomic E-state index is -0.186. The fraction of sp³-hybridized carbons (Fsp3) is 0.444. The molecular formula is C18H22N4O2. The molecular weight excluding hydrogens is 304 g/mol. The van der Waals surface area contributed by atoms with Gasteiger partial charge in [0.2, 0.25) is 0 Å². The number of hydrogen-bond acceptors (Lipinski definition) is 5. The van der Waals surface area contributed by atoms with E-state index in [-0.39, 0.29) is 19.1 Å². The number of aromatic nitrogens is 3. The van der Waals surface area contributed by atoms with Gasteiger partial charge in [0.15, 0.2) is 0 Å². The van der Waals surface area contributed by atoms with E-state index in [0.29, 0.717) is 18.2 Å². The molecule has 1 amide bonds. The largest absolute Gasteiger partial charge is 0.395 e. The highest BCUT2D eigenvalue weighted by atomic mass is 16.3. The van der Waals surface area contributed by atoms with Gasteiger partial charge in [0.05, 0.1) is 6.61 Å². The zero-order valence-electron chi connectivity index (χ0n) is 13.6. The van der Waals surface area contributed by atoms with Crippen molar-refractivity contribution in [3.8, 4) is 0 Å². The Balaban J connectivity index is 1.78. The van der Waals surface area contributed by atoms with E-state index in [9.17, 15) is 9.90 Å². The van der Waals surface area contributed by atoms with Gasteiger partial charge >= 0.3 is 0 Å². The summed E-state index contributed by atoms with van der Waals surface area (Å²) >= 11 is 0. The number of carbonyl (C=O) groups excluding carboxylic acids is 1. The lowest BCUT2D eigenvalue weighted by Gasteiger charge is -2.21. The number of hydrogen-bond donors (Lipinski definition) is 1. The Morgan fingerprint density at radius 2 is 2.08 bits per heavy atom. The Morgan fingerprint density at radius 1 is 1.25 bits per heavy atom. The zero-order chi connectivity index (χ0) is 16.8. The van der Waals surface area contributed by atoms with E-state index in [1.54, 1.807) is 29.6 Å². The third kappa shape index (κ3) is 3.94. The molecule has 0 atom stereocenters. The number of nitrogens with zero attached hydrogens (tertiary/aromatic N) is 4. The van der Waals surface area contributed by atoms with E-state index in [4.69, 9.17) is 0 Å². The molecule has 2 aromatic rings. The summed E-state index contributed by atoms with van der Waals surface area (Å²) in [5.74, 6) is 0.945. The lowest BCUT2D eigenvalue weighted by Crippen LogP contribution is -2.34. The van der Waals surface area contributed by atoms with E-state index in [0.717, 1.165) is 24.2 Å². The highest BCUT2D eigenvalue weighted by Crippen LogP contribution is 2.31. The monoisotopic (exact) mass is 326 g/mol. The van der Waals surface area contributed by atoms with Crippen LogP contribution in [0.2, 0.25) is 0 Å². The molecule has 1 saturated carbocycles. The molecule has 126 valence electrons. The van der Waals surface area contributed by atoms with Gasteiger partial charge in [-0.25, -0.2) is 9.97 Å². The van der Waals surface area contributed by atoms with E-state index >= 15 is 0 Å². The van der Waals surface area contributed by atoms with Crippen LogP contribution >= 0.6 is 0 Å². The van der Waals surface area contributed by atoms with Crippen LogP contribution in [0.3, 0.4) is 0 Å². The van der Waals surface area contributed by atoms with Crippen molar-refractivity contribution >= 4 is 5.91 Å². The van der Waals surface area contributed by atoms with Crippen LogP contribution in [-0.2, 0) is 6.54 Å². The summed E-state index contributed by atoms with van der Waals surface area (Å²) < 4.78 is 0. The quantitative estimate of drug-likeness (QED) is 0.880. The number of carbonyl (C=O) groups is 1. The van der Waals surface area contributed by atoms with Gasteiger partial charge in [-0.05, 0) is 30.5 Å². The van der Waals surface area contributed by atoms with Gasteiger partial charge in [0, 0.05) is 37.6 Å². The average molecular weight is 326 g/mol. The van der Waals surface area contributed by atoms with E-state index in [2.05, 4.69) is 15.0 Å². The zero-order valence-corrected chi connectivity index (χ0v) is 13.6. The number of aliphatic hydroxyl groups is 1. The van der Waals surface area contributed by atoms with Crippen molar-refractivity contribution in [1.29, 1.82) is 0 Å². The minimum Gasteiger partial charge on any atom is -0.395 e. The molecule has 0 bridgehead atoms. The van der Waals surface area contributed by atoms with Gasteiger partial charge in [0.25, 0.3) is 5.91 Å². The highest BCUT2D eigenvalue weighted by molar-refractivity contribution is 5.92. The number of amides is 1. The molecule has 0 aliphatic heterocycles. The molecule has 0 unspecified atom stereocenters. The van der Waals surface area contributed by atoms with Crippen LogP contribution in [0.25, 0.3) is 0 Å². The smallest absolute Gasteiger partial charge is 0.272 e. The fourth-order valence-electron chi connectivity index (χ4n) is 3.12. The predicted molar refractivity (Wildman–Crippen MR) is 89.3 cm³/mol. The first-order valence-electron chi connectivity index (χ1n) is 8.40. The summed E-state index contributed by atoms with van der Waals surface area (Å²) in [6, 6.07) is 5.39. The Kier molecular flexibility index (Phi) is 5.48. The van der Waals surface area contributed by atoms with Gasteiger partial charge < -0.3 is 10.0 Å². The van der Waals surface area contributed by atoms with Crippen LogP contribution in [-0.4, -0.2) is 44.0 Å². The van der Waals surface area contributed by atoms with Crippen LogP contribution in [0.15, 0.2) is 36.8 Å². The second-order valence-electron chi connectivity index (χ2n) is 6.09. The van der Waals surface area contributed by atoms with Crippen LogP contribution in [0.5, 0.6) is 0 Å². The normalized spacial score (nSPS) is 14.7. The predicted octanol–water partition coefficient (Wildman–Crippen LogP) is 2.16. The molecule has 0 aromatic carbocycles. The molecule has 24 heavy (non-hydrogen) atoms. The van der Waals surface area contributed by atoms with Gasteiger partial charge in [-0.2, -0.15) is 0 Å². The molecule has 0 spiro atoms. The number of pyridine rings is 1. The van der Waals surface area contributed by atoms with Crippen molar-refractivity contribution in [1.82, 2.24) is 19.9 Å². The molecule has 1 N–H and O–H groups in total. The topological polar surface area (TPSA) is 79.2 Å². The number of rotatable bonds is 6. The first-order chi connectivity index (χ1) is 11.8. The average Bonchev–Trinajstić information content (AvgIpc) is 3.16. The minimum absolute atomic E-state index is 0.0907. The van der Waals surface area contributed by atoms with Crippen molar-refractivity contribution in [3.63, 3.8) is 0 Å². The van der Waals surface area contributed by atoms with Crippen LogP contribution in [0, 0.1) is 0 Å². The summed E-state index contributed by atoms with van der Waals surface area (Å²) in [4.78, 5) is 27.3. The fourth-order valence-corrected chi connectivity index (χ4v) is 3.12. The van der Waals surface area contributed by atoms with Crippen LogP contribution in [0.4, 0.5) is 0 Å². The maximum absolute atomic E-state index is 12.8. The lowest BCUT2D eigenvalue weighted by atomic mass is 10.1. The number of aliphatic hydroxyl groups excluding tert-OH is 1. The van der Waals surface area contributed by atoms with Crippen molar-refractivity contribution in [3.05, 3.63) is 53.9 Å². The van der Waals surface area contributed by atoms with E-state index in [1.165, 1.54) is 12.8 Å². The first kappa shape index (κ1) is 16.5. The van der Waals surface area contributed by atoms with E-state index in [1.807, 2.05) is 12.1 Å². The molecule has 2 aromatic heterocycles. The Morgan fingerprint density at radius 3 is 2.79 bits per heavy atom. The second kappa shape index (κ2) is 7.97. The maximum Gasteiger partial charge on any atom is 0.272 e. The molecule has 1 fully saturated rings. The maximum atomic E-state index is 12.8. The molecule has 0 radical (unpaired) electrons. The first-order valence-corrected chi connectivity index (χ1v) is 8.40. The summed E-state index contributed by atoms with van der Waals surface area (Å²) in [7, 11) is 0. The van der Waals surface area contributed by atoms with Crippen LogP contribution in [0.1, 0.15) is 53.5 Å². The van der Waals surface area contributed by atoms with E-state index < -0.39 is 0 Å². The standard InChI is InChI=1S/C18H22N4O2/c23-11-10-22(13-14-4-3-8-19-12-14)18(24)16-7-9-20-17(21-16)15-5-1-2-6-15/h3-4,7-9,12,15,23H,1-2,5-6,10-11,13H2. The van der Waals surface area contributed by atoms with Crippen molar-refractivity contribution < 1.29 is 9.90 Å². The van der Waals surface area contributed by atoms with Gasteiger partial charge in [-0.3, -0.25) is 9.78 Å². The van der Waals surface area contributed by atoms with Crippen molar-refractivity contribution in [2.45, 2.75) is 38.1 Å². The summed E-state index contributed by atoms with van der Waals surface area (Å²) in [6.45, 7) is 0.569. The molecule has 3 rings (SSSR count). The van der Waals surface area contributed by atoms with Crippen molar-refractivity contribution in [2.75, 3.05) is 13.2 Å². The molecule has 6 heteroatoms. The Bertz CT molecular complexity index is 672. The van der Waals surface area contributed by atoms with Crippen molar-refractivity contribution in [2.24, 2.45) is 0 Å². The van der Waals surface area contributed by atoms with Crippen LogP contribution < -0.4 is 0 Å². The molecule has 2 heterocycles. The summed E-state index contributed by atoms with van der Waals surface area (Å²) in [6.07, 6.45) is 9.66. The van der Waals surface area contributed by atoms with Gasteiger partial charge in [-0.1, -0.05) is 18.9 Å². The third-order valence-corrected chi connectivity index (χ3v) is 4.37. The third-order valence-electron chi connectivity index (χ3n) is 4.37. The molecule has 6 nitrogen and oxygen atoms in total. The second-order valence-corrected chi connectivity index (χ2v) is 6.09. The lowest BCUT2D eigenvalue weighted by molar-refractivity contribution is 0.0701. The SMILES string of the molecule is O=C(c1ccnc(C2CCCC2)n1)N(CCO)Cc1cccnc1. The highest BCUT2D eigenvalue weighted by Gasteiger charge is 2.22. The Labute approximate surface area is 141 Å².